The molecule has 0 bridgehead atoms. The molecule has 3 atom stereocenters. The zero-order valence-corrected chi connectivity index (χ0v) is 17.7. The normalized spacial score (nSPS) is 33.5. The van der Waals surface area contributed by atoms with Crippen LogP contribution < -0.4 is 0 Å². The molecule has 1 aliphatic carbocycles. The lowest BCUT2D eigenvalue weighted by Gasteiger charge is -2.46. The first-order chi connectivity index (χ1) is 12.0. The highest BCUT2D eigenvalue weighted by atomic mass is 16.5. The molecule has 0 aromatic rings. The largest absolute Gasteiger partial charge is 0.379 e. The smallest absolute Gasteiger partial charge is 0.0575 e. The monoisotopic (exact) mass is 352 g/mol. The van der Waals surface area contributed by atoms with E-state index >= 15 is 0 Å². The molecule has 0 amide bonds. The number of rotatable bonds is 9. The molecule has 1 heterocycles. The minimum atomic E-state index is 0.560. The first-order valence-electron chi connectivity index (χ1n) is 11.2. The van der Waals surface area contributed by atoms with Crippen molar-refractivity contribution in [1.82, 2.24) is 9.80 Å². The first kappa shape index (κ1) is 21.2. The van der Waals surface area contributed by atoms with Crippen molar-refractivity contribution in [2.24, 2.45) is 5.92 Å². The van der Waals surface area contributed by atoms with Crippen LogP contribution in [0.3, 0.4) is 0 Å². The van der Waals surface area contributed by atoms with Gasteiger partial charge in [-0.3, -0.25) is 9.80 Å². The van der Waals surface area contributed by atoms with Gasteiger partial charge < -0.3 is 4.74 Å². The summed E-state index contributed by atoms with van der Waals surface area (Å²) in [4.78, 5) is 5.47. The number of nitrogens with zero attached hydrogens (tertiary/aromatic N) is 2. The molecule has 0 radical (unpaired) electrons. The average molecular weight is 353 g/mol. The van der Waals surface area contributed by atoms with Crippen LogP contribution in [0.4, 0.5) is 0 Å². The highest BCUT2D eigenvalue weighted by Gasteiger charge is 2.30. The Morgan fingerprint density at radius 2 is 1.60 bits per heavy atom. The fourth-order valence-corrected chi connectivity index (χ4v) is 5.01. The zero-order valence-electron chi connectivity index (χ0n) is 17.7. The summed E-state index contributed by atoms with van der Waals surface area (Å²) >= 11 is 0. The van der Waals surface area contributed by atoms with Gasteiger partial charge in [-0.1, -0.05) is 19.8 Å². The number of unbranched alkanes of at least 4 members (excludes halogenated alkanes) is 1. The van der Waals surface area contributed by atoms with Gasteiger partial charge in [-0.05, 0) is 78.7 Å². The minimum Gasteiger partial charge on any atom is -0.379 e. The standard InChI is InChI=1S/C22H44N2O/c1-6-18(3)23-16-19(4)24(20(5)17-23)15-9-8-10-21-11-13-22(14-12-21)25-7-2/h18-22H,6-17H2,1-5H3/t18?,19-,20-,21?,22?/m0/s1. The summed E-state index contributed by atoms with van der Waals surface area (Å²) in [6.45, 7) is 16.4. The van der Waals surface area contributed by atoms with Crippen molar-refractivity contribution in [2.75, 3.05) is 26.2 Å². The SMILES string of the molecule is CCOC1CCC(CCCCN2[C@@H](C)CN(C(C)CC)C[C@@H]2C)CC1. The van der Waals surface area contributed by atoms with E-state index in [1.165, 1.54) is 71.0 Å². The lowest BCUT2D eigenvalue weighted by Crippen LogP contribution is -2.58. The van der Waals surface area contributed by atoms with Crippen LogP contribution in [0, 0.1) is 5.92 Å². The maximum absolute atomic E-state index is 5.78. The van der Waals surface area contributed by atoms with E-state index < -0.39 is 0 Å². The Bertz CT molecular complexity index is 342. The third-order valence-electron chi connectivity index (χ3n) is 6.82. The van der Waals surface area contributed by atoms with Crippen molar-refractivity contribution < 1.29 is 4.74 Å². The molecule has 1 saturated carbocycles. The molecule has 25 heavy (non-hydrogen) atoms. The Hall–Kier alpha value is -0.120. The average Bonchev–Trinajstić information content (AvgIpc) is 2.61. The van der Waals surface area contributed by atoms with Crippen molar-refractivity contribution in [3.8, 4) is 0 Å². The maximum atomic E-state index is 5.78. The van der Waals surface area contributed by atoms with Gasteiger partial charge in [0, 0.05) is 37.8 Å². The zero-order chi connectivity index (χ0) is 18.2. The lowest BCUT2D eigenvalue weighted by molar-refractivity contribution is 0.0165. The molecule has 148 valence electrons. The molecular formula is C22H44N2O. The predicted octanol–water partition coefficient (Wildman–Crippen LogP) is 4.95. The summed E-state index contributed by atoms with van der Waals surface area (Å²) in [5, 5.41) is 0. The van der Waals surface area contributed by atoms with Gasteiger partial charge in [0.2, 0.25) is 0 Å². The summed E-state index contributed by atoms with van der Waals surface area (Å²) in [6, 6.07) is 2.15. The van der Waals surface area contributed by atoms with Gasteiger partial charge in [0.25, 0.3) is 0 Å². The number of piperazine rings is 1. The highest BCUT2D eigenvalue weighted by molar-refractivity contribution is 4.86. The summed E-state index contributed by atoms with van der Waals surface area (Å²) < 4.78 is 5.78. The van der Waals surface area contributed by atoms with Crippen molar-refractivity contribution in [2.45, 2.75) is 110 Å². The molecule has 1 aliphatic heterocycles. The Labute approximate surface area is 157 Å². The molecule has 2 fully saturated rings. The van der Waals surface area contributed by atoms with Crippen molar-refractivity contribution in [3.05, 3.63) is 0 Å². The van der Waals surface area contributed by atoms with Gasteiger partial charge in [0.1, 0.15) is 0 Å². The van der Waals surface area contributed by atoms with E-state index in [-0.39, 0.29) is 0 Å². The molecule has 2 aliphatic rings. The molecule has 0 aromatic carbocycles. The van der Waals surface area contributed by atoms with Crippen LogP contribution >= 0.6 is 0 Å². The van der Waals surface area contributed by atoms with Gasteiger partial charge in [-0.25, -0.2) is 0 Å². The van der Waals surface area contributed by atoms with E-state index in [9.17, 15) is 0 Å². The van der Waals surface area contributed by atoms with E-state index in [1.807, 2.05) is 0 Å². The Morgan fingerprint density at radius 3 is 2.16 bits per heavy atom. The van der Waals surface area contributed by atoms with Gasteiger partial charge in [0.15, 0.2) is 0 Å². The van der Waals surface area contributed by atoms with Gasteiger partial charge in [-0.15, -0.1) is 0 Å². The van der Waals surface area contributed by atoms with Crippen LogP contribution in [-0.2, 0) is 4.74 Å². The second kappa shape index (κ2) is 10.9. The van der Waals surface area contributed by atoms with Crippen LogP contribution in [-0.4, -0.2) is 60.3 Å². The minimum absolute atomic E-state index is 0.560. The summed E-state index contributed by atoms with van der Waals surface area (Å²) in [5.74, 6) is 0.966. The van der Waals surface area contributed by atoms with Crippen molar-refractivity contribution in [1.29, 1.82) is 0 Å². The first-order valence-corrected chi connectivity index (χ1v) is 11.2. The molecule has 0 aromatic heterocycles. The third kappa shape index (κ3) is 6.52. The van der Waals surface area contributed by atoms with Crippen LogP contribution in [0.25, 0.3) is 0 Å². The molecule has 1 saturated heterocycles. The van der Waals surface area contributed by atoms with Crippen molar-refractivity contribution >= 4 is 0 Å². The lowest BCUT2D eigenvalue weighted by atomic mass is 9.84. The molecule has 3 nitrogen and oxygen atoms in total. The Kier molecular flexibility index (Phi) is 9.23. The predicted molar refractivity (Wildman–Crippen MR) is 108 cm³/mol. The van der Waals surface area contributed by atoms with E-state index in [4.69, 9.17) is 4.74 Å². The second-order valence-corrected chi connectivity index (χ2v) is 8.74. The maximum Gasteiger partial charge on any atom is 0.0575 e. The quantitative estimate of drug-likeness (QED) is 0.546. The van der Waals surface area contributed by atoms with Gasteiger partial charge in [0.05, 0.1) is 6.10 Å². The van der Waals surface area contributed by atoms with E-state index in [2.05, 4.69) is 44.4 Å². The fourth-order valence-electron chi connectivity index (χ4n) is 5.01. The highest BCUT2D eigenvalue weighted by Crippen LogP contribution is 2.30. The topological polar surface area (TPSA) is 15.7 Å². The molecular weight excluding hydrogens is 308 g/mol. The van der Waals surface area contributed by atoms with Crippen molar-refractivity contribution in [3.63, 3.8) is 0 Å². The third-order valence-corrected chi connectivity index (χ3v) is 6.82. The molecule has 3 heteroatoms. The Morgan fingerprint density at radius 1 is 0.960 bits per heavy atom. The van der Waals surface area contributed by atoms with E-state index in [1.54, 1.807) is 0 Å². The van der Waals surface area contributed by atoms with Gasteiger partial charge >= 0.3 is 0 Å². The molecule has 2 rings (SSSR count). The molecule has 1 unspecified atom stereocenters. The van der Waals surface area contributed by atoms with Gasteiger partial charge in [-0.2, -0.15) is 0 Å². The van der Waals surface area contributed by atoms with Crippen LogP contribution in [0.1, 0.15) is 86.0 Å². The summed E-state index contributed by atoms with van der Waals surface area (Å²) in [5.41, 5.74) is 0. The number of ether oxygens (including phenoxy) is 1. The molecule has 0 spiro atoms. The van der Waals surface area contributed by atoms with Crippen LogP contribution in [0.2, 0.25) is 0 Å². The summed E-state index contributed by atoms with van der Waals surface area (Å²) in [7, 11) is 0. The summed E-state index contributed by atoms with van der Waals surface area (Å²) in [6.07, 6.45) is 11.4. The van der Waals surface area contributed by atoms with Crippen LogP contribution in [0.15, 0.2) is 0 Å². The Balaban J connectivity index is 1.62. The van der Waals surface area contributed by atoms with E-state index in [0.29, 0.717) is 18.2 Å². The van der Waals surface area contributed by atoms with Crippen LogP contribution in [0.5, 0.6) is 0 Å². The number of hydrogen-bond acceptors (Lipinski definition) is 3. The fraction of sp³-hybridized carbons (Fsp3) is 1.00. The van der Waals surface area contributed by atoms with E-state index in [0.717, 1.165) is 18.6 Å². The molecule has 0 N–H and O–H groups in total. The second-order valence-electron chi connectivity index (χ2n) is 8.74. The number of hydrogen-bond donors (Lipinski definition) is 0.